The molecule has 5 heteroatoms. The second-order valence-electron chi connectivity index (χ2n) is 12.3. The molecule has 10 rings (SSSR count). The number of aromatic nitrogens is 3. The van der Waals surface area contributed by atoms with E-state index < -0.39 is 0 Å². The monoisotopic (exact) mass is 641 g/mol. The largest absolute Gasteiger partial charge is 0.456 e. The van der Waals surface area contributed by atoms with Gasteiger partial charge in [0.2, 0.25) is 0 Å². The Balaban J connectivity index is 1.26. The molecular weight excluding hydrogens is 615 g/mol. The van der Waals surface area contributed by atoms with Crippen LogP contribution in [0.3, 0.4) is 0 Å². The Morgan fingerprint density at radius 1 is 0.380 bits per heavy atom. The molecule has 0 unspecified atom stereocenters. The molecule has 5 nitrogen and oxygen atoms in total. The van der Waals surface area contributed by atoms with Gasteiger partial charge in [-0.2, -0.15) is 0 Å². The van der Waals surface area contributed by atoms with E-state index in [0.29, 0.717) is 5.82 Å². The fraction of sp³-hybridized carbons (Fsp3) is 0. The van der Waals surface area contributed by atoms with Gasteiger partial charge in [-0.05, 0) is 54.1 Å². The van der Waals surface area contributed by atoms with Gasteiger partial charge in [-0.3, -0.25) is 4.98 Å². The predicted octanol–water partition coefficient (Wildman–Crippen LogP) is 12.0. The second-order valence-corrected chi connectivity index (χ2v) is 12.3. The van der Waals surface area contributed by atoms with Crippen molar-refractivity contribution in [1.29, 1.82) is 0 Å². The first-order chi connectivity index (χ1) is 24.8. The van der Waals surface area contributed by atoms with Crippen LogP contribution in [-0.2, 0) is 0 Å². The first-order valence-electron chi connectivity index (χ1n) is 16.6. The van der Waals surface area contributed by atoms with E-state index in [9.17, 15) is 0 Å². The molecule has 0 aliphatic rings. The van der Waals surface area contributed by atoms with Crippen LogP contribution in [0, 0.1) is 0 Å². The lowest BCUT2D eigenvalue weighted by Gasteiger charge is -2.14. The summed E-state index contributed by atoms with van der Waals surface area (Å²) in [7, 11) is 0. The molecule has 4 aromatic heterocycles. The van der Waals surface area contributed by atoms with E-state index in [1.807, 2.05) is 97.2 Å². The van der Waals surface area contributed by atoms with E-state index in [1.165, 1.54) is 0 Å². The summed E-state index contributed by atoms with van der Waals surface area (Å²) in [5.74, 6) is 0.618. The summed E-state index contributed by atoms with van der Waals surface area (Å²) < 4.78 is 13.0. The van der Waals surface area contributed by atoms with Crippen LogP contribution in [0.4, 0.5) is 0 Å². The van der Waals surface area contributed by atoms with Gasteiger partial charge in [0.25, 0.3) is 0 Å². The third-order valence-electron chi connectivity index (χ3n) is 9.40. The molecule has 0 spiro atoms. The van der Waals surface area contributed by atoms with Crippen molar-refractivity contribution in [2.24, 2.45) is 0 Å². The van der Waals surface area contributed by atoms with Gasteiger partial charge in [0.1, 0.15) is 22.3 Å². The summed E-state index contributed by atoms with van der Waals surface area (Å²) in [5, 5.41) is 4.11. The van der Waals surface area contributed by atoms with E-state index in [4.69, 9.17) is 18.8 Å². The number of nitrogens with zero attached hydrogens (tertiary/aromatic N) is 3. The van der Waals surface area contributed by atoms with Crippen molar-refractivity contribution >= 4 is 43.9 Å². The number of fused-ring (bicyclic) bond motifs is 6. The minimum absolute atomic E-state index is 0.618. The molecule has 0 atom stereocenters. The Bertz CT molecular complexity index is 2870. The highest BCUT2D eigenvalue weighted by Gasteiger charge is 2.22. The zero-order valence-corrected chi connectivity index (χ0v) is 26.7. The quantitative estimate of drug-likeness (QED) is 0.187. The maximum absolute atomic E-state index is 6.75. The number of hydrogen-bond donors (Lipinski definition) is 0. The smallest absolute Gasteiger partial charge is 0.161 e. The summed E-state index contributed by atoms with van der Waals surface area (Å²) in [6, 6.07) is 53.4. The Morgan fingerprint density at radius 3 is 1.80 bits per heavy atom. The third kappa shape index (κ3) is 4.52. The normalized spacial score (nSPS) is 11.6. The Hall–Kier alpha value is -6.85. The summed E-state index contributed by atoms with van der Waals surface area (Å²) in [4.78, 5) is 15.2. The number of para-hydroxylation sites is 2. The molecule has 10 aromatic rings. The van der Waals surface area contributed by atoms with Crippen LogP contribution < -0.4 is 0 Å². The van der Waals surface area contributed by atoms with E-state index in [2.05, 4.69) is 71.7 Å². The topological polar surface area (TPSA) is 65.0 Å². The third-order valence-corrected chi connectivity index (χ3v) is 9.40. The molecule has 0 aliphatic carbocycles. The number of furan rings is 2. The van der Waals surface area contributed by atoms with Gasteiger partial charge in [-0.15, -0.1) is 0 Å². The van der Waals surface area contributed by atoms with Crippen molar-refractivity contribution < 1.29 is 8.83 Å². The number of hydrogen-bond acceptors (Lipinski definition) is 5. The standard InChI is InChI=1S/C45H27N3O2/c1-2-13-28(14-3-1)37-27-38(30-16-5-4-15-29(30)36-20-10-11-26-46-36)48-45(47-37)35-25-24-32(44-43(35)34-18-7-9-22-40(34)50-44)31-19-12-23-41-42(31)33-17-6-8-21-39(33)49-41/h1-27H. The number of pyridine rings is 1. The molecule has 0 amide bonds. The highest BCUT2D eigenvalue weighted by molar-refractivity contribution is 6.20. The second kappa shape index (κ2) is 11.4. The van der Waals surface area contributed by atoms with E-state index >= 15 is 0 Å². The fourth-order valence-electron chi connectivity index (χ4n) is 7.14. The molecule has 0 saturated heterocycles. The van der Waals surface area contributed by atoms with Crippen molar-refractivity contribution in [2.45, 2.75) is 0 Å². The minimum Gasteiger partial charge on any atom is -0.456 e. The molecule has 6 aromatic carbocycles. The number of benzene rings is 6. The molecule has 234 valence electrons. The fourth-order valence-corrected chi connectivity index (χ4v) is 7.14. The first-order valence-corrected chi connectivity index (χ1v) is 16.6. The zero-order chi connectivity index (χ0) is 33.0. The molecule has 0 aliphatic heterocycles. The summed E-state index contributed by atoms with van der Waals surface area (Å²) in [6.45, 7) is 0. The highest BCUT2D eigenvalue weighted by atomic mass is 16.3. The van der Waals surface area contributed by atoms with Crippen LogP contribution >= 0.6 is 0 Å². The van der Waals surface area contributed by atoms with Crippen LogP contribution in [-0.4, -0.2) is 15.0 Å². The van der Waals surface area contributed by atoms with Crippen molar-refractivity contribution in [2.75, 3.05) is 0 Å². The SMILES string of the molecule is c1ccc(-c2cc(-c3ccccc3-c3ccccn3)nc(-c3ccc(-c4cccc5oc6ccccc6c45)c4oc5ccccc5c34)n2)cc1. The Labute approximate surface area is 287 Å². The Morgan fingerprint density at radius 2 is 1.00 bits per heavy atom. The minimum atomic E-state index is 0.618. The van der Waals surface area contributed by atoms with Crippen LogP contribution in [0.25, 0.3) is 100 Å². The van der Waals surface area contributed by atoms with Gasteiger partial charge in [-0.25, -0.2) is 9.97 Å². The molecular formula is C45H27N3O2. The van der Waals surface area contributed by atoms with Gasteiger partial charge in [0.05, 0.1) is 17.1 Å². The van der Waals surface area contributed by atoms with E-state index in [1.54, 1.807) is 0 Å². The average Bonchev–Trinajstić information content (AvgIpc) is 3.77. The number of rotatable bonds is 5. The predicted molar refractivity (Wildman–Crippen MR) is 202 cm³/mol. The zero-order valence-electron chi connectivity index (χ0n) is 26.7. The van der Waals surface area contributed by atoms with E-state index in [0.717, 1.165) is 94.3 Å². The van der Waals surface area contributed by atoms with Crippen molar-refractivity contribution in [1.82, 2.24) is 15.0 Å². The molecule has 0 fully saturated rings. The summed E-state index contributed by atoms with van der Waals surface area (Å²) in [6.07, 6.45) is 1.82. The Kier molecular flexibility index (Phi) is 6.42. The maximum Gasteiger partial charge on any atom is 0.161 e. The van der Waals surface area contributed by atoms with Crippen LogP contribution in [0.1, 0.15) is 0 Å². The average molecular weight is 642 g/mol. The summed E-state index contributed by atoms with van der Waals surface area (Å²) >= 11 is 0. The van der Waals surface area contributed by atoms with Crippen molar-refractivity contribution in [3.05, 3.63) is 164 Å². The lowest BCUT2D eigenvalue weighted by atomic mass is 9.94. The lowest BCUT2D eigenvalue weighted by Crippen LogP contribution is -1.98. The lowest BCUT2D eigenvalue weighted by molar-refractivity contribution is 0.668. The van der Waals surface area contributed by atoms with Gasteiger partial charge >= 0.3 is 0 Å². The van der Waals surface area contributed by atoms with Gasteiger partial charge in [0, 0.05) is 55.6 Å². The van der Waals surface area contributed by atoms with Gasteiger partial charge in [0.15, 0.2) is 5.82 Å². The molecule has 0 saturated carbocycles. The molecule has 4 heterocycles. The molecule has 50 heavy (non-hydrogen) atoms. The van der Waals surface area contributed by atoms with Crippen LogP contribution in [0.15, 0.2) is 173 Å². The van der Waals surface area contributed by atoms with E-state index in [-0.39, 0.29) is 0 Å². The highest BCUT2D eigenvalue weighted by Crippen LogP contribution is 2.45. The summed E-state index contributed by atoms with van der Waals surface area (Å²) in [5.41, 5.74) is 11.7. The molecule has 0 radical (unpaired) electrons. The first kappa shape index (κ1) is 28.2. The van der Waals surface area contributed by atoms with Gasteiger partial charge in [-0.1, -0.05) is 109 Å². The molecule has 0 N–H and O–H groups in total. The van der Waals surface area contributed by atoms with Crippen molar-refractivity contribution in [3.8, 4) is 56.3 Å². The van der Waals surface area contributed by atoms with Crippen LogP contribution in [0.5, 0.6) is 0 Å². The van der Waals surface area contributed by atoms with Gasteiger partial charge < -0.3 is 8.83 Å². The van der Waals surface area contributed by atoms with Crippen molar-refractivity contribution in [3.63, 3.8) is 0 Å². The van der Waals surface area contributed by atoms with Crippen LogP contribution in [0.2, 0.25) is 0 Å². The molecule has 0 bridgehead atoms. The maximum atomic E-state index is 6.75.